The van der Waals surface area contributed by atoms with Gasteiger partial charge in [0.2, 0.25) is 0 Å². The van der Waals surface area contributed by atoms with Crippen molar-refractivity contribution in [1.82, 2.24) is 0 Å². The molecule has 3 nitrogen and oxygen atoms in total. The van der Waals surface area contributed by atoms with Crippen molar-refractivity contribution in [3.63, 3.8) is 0 Å². The minimum atomic E-state index is -0.190. The predicted molar refractivity (Wildman–Crippen MR) is 83.8 cm³/mol. The summed E-state index contributed by atoms with van der Waals surface area (Å²) < 4.78 is 6.54. The van der Waals surface area contributed by atoms with E-state index in [-0.39, 0.29) is 11.6 Å². The van der Waals surface area contributed by atoms with E-state index in [1.54, 1.807) is 7.11 Å². The molecule has 106 valence electrons. The molecule has 1 fully saturated rings. The van der Waals surface area contributed by atoms with Crippen LogP contribution < -0.4 is 11.1 Å². The molecule has 1 aliphatic rings. The third-order valence-corrected chi connectivity index (χ3v) is 5.15. The highest BCUT2D eigenvalue weighted by molar-refractivity contribution is 9.10. The van der Waals surface area contributed by atoms with Gasteiger partial charge in [-0.25, -0.2) is 0 Å². The molecule has 0 amide bonds. The molecule has 0 aliphatic heterocycles. The van der Waals surface area contributed by atoms with E-state index in [0.29, 0.717) is 11.6 Å². The first-order valence-corrected chi connectivity index (χ1v) is 7.74. The van der Waals surface area contributed by atoms with E-state index in [2.05, 4.69) is 21.2 Å². The summed E-state index contributed by atoms with van der Waals surface area (Å²) in [6.07, 6.45) is 4.59. The second-order valence-corrected chi connectivity index (χ2v) is 6.35. The van der Waals surface area contributed by atoms with Gasteiger partial charge in [0.15, 0.2) is 0 Å². The zero-order chi connectivity index (χ0) is 13.9. The van der Waals surface area contributed by atoms with Crippen molar-refractivity contribution < 1.29 is 4.74 Å². The second kappa shape index (κ2) is 6.44. The van der Waals surface area contributed by atoms with Crippen molar-refractivity contribution >= 4 is 33.2 Å². The number of hydrogen-bond donors (Lipinski definition) is 2. The smallest absolute Gasteiger partial charge is 0.0813 e. The monoisotopic (exact) mass is 346 g/mol. The highest BCUT2D eigenvalue weighted by Gasteiger charge is 2.40. The Labute approximate surface area is 128 Å². The third-order valence-electron chi connectivity index (χ3n) is 3.92. The molecule has 0 aromatic heterocycles. The first-order chi connectivity index (χ1) is 9.11. The number of hydrogen-bond acceptors (Lipinski definition) is 3. The summed E-state index contributed by atoms with van der Waals surface area (Å²) in [4.78, 5) is 0. The lowest BCUT2D eigenvalue weighted by molar-refractivity contribution is 0.0190. The van der Waals surface area contributed by atoms with Crippen LogP contribution in [0.15, 0.2) is 22.7 Å². The molecule has 3 N–H and O–H groups in total. The normalized spacial score (nSPS) is 27.3. The Balaban J connectivity index is 2.23. The van der Waals surface area contributed by atoms with E-state index in [0.717, 1.165) is 23.0 Å². The molecule has 0 saturated heterocycles. The Morgan fingerprint density at radius 2 is 2.32 bits per heavy atom. The van der Waals surface area contributed by atoms with Crippen molar-refractivity contribution in [2.45, 2.75) is 37.3 Å². The van der Waals surface area contributed by atoms with Gasteiger partial charge in [-0.2, -0.15) is 0 Å². The molecule has 0 spiro atoms. The van der Waals surface area contributed by atoms with Gasteiger partial charge in [0.25, 0.3) is 0 Å². The van der Waals surface area contributed by atoms with Crippen LogP contribution in [0.4, 0.5) is 5.69 Å². The van der Waals surface area contributed by atoms with E-state index in [1.165, 1.54) is 12.8 Å². The molecule has 1 aromatic carbocycles. The number of nitrogens with two attached hydrogens (primary N) is 1. The van der Waals surface area contributed by atoms with Gasteiger partial charge < -0.3 is 15.8 Å². The molecule has 2 atom stereocenters. The Hall–Kier alpha value is -0.290. The van der Waals surface area contributed by atoms with Gasteiger partial charge in [-0.1, -0.05) is 24.4 Å². The largest absolute Gasteiger partial charge is 0.379 e. The van der Waals surface area contributed by atoms with Crippen LogP contribution in [0.5, 0.6) is 0 Å². The molecule has 5 heteroatoms. The predicted octanol–water partition coefficient (Wildman–Crippen LogP) is 3.80. The van der Waals surface area contributed by atoms with E-state index < -0.39 is 0 Å². The maximum Gasteiger partial charge on any atom is 0.0813 e. The van der Waals surface area contributed by atoms with Crippen LogP contribution >= 0.6 is 27.5 Å². The topological polar surface area (TPSA) is 47.3 Å². The number of nitrogens with one attached hydrogen (secondary N) is 1. The molecule has 0 radical (unpaired) electrons. The maximum absolute atomic E-state index is 6.14. The summed E-state index contributed by atoms with van der Waals surface area (Å²) >= 11 is 9.54. The first-order valence-electron chi connectivity index (χ1n) is 6.57. The number of halogens is 2. The van der Waals surface area contributed by atoms with Crippen molar-refractivity contribution in [2.75, 3.05) is 19.0 Å². The van der Waals surface area contributed by atoms with Crippen LogP contribution in [0.1, 0.15) is 25.7 Å². The average Bonchev–Trinajstić information content (AvgIpc) is 2.43. The summed E-state index contributed by atoms with van der Waals surface area (Å²) in [5.41, 5.74) is 6.83. The van der Waals surface area contributed by atoms with Gasteiger partial charge >= 0.3 is 0 Å². The number of rotatable bonds is 4. The summed E-state index contributed by atoms with van der Waals surface area (Å²) in [6, 6.07) is 5.87. The molecule has 2 rings (SSSR count). The fraction of sp³-hybridized carbons (Fsp3) is 0.571. The lowest BCUT2D eigenvalue weighted by Crippen LogP contribution is -2.57. The molecule has 1 saturated carbocycles. The molecular weight excluding hydrogens is 328 g/mol. The van der Waals surface area contributed by atoms with Crippen LogP contribution in [0.25, 0.3) is 0 Å². The number of methoxy groups -OCH3 is 1. The van der Waals surface area contributed by atoms with Crippen LogP contribution in [0.2, 0.25) is 5.02 Å². The number of anilines is 1. The van der Waals surface area contributed by atoms with Crippen molar-refractivity contribution in [2.24, 2.45) is 5.73 Å². The minimum Gasteiger partial charge on any atom is -0.379 e. The number of ether oxygens (including phenoxy) is 1. The molecule has 2 unspecified atom stereocenters. The van der Waals surface area contributed by atoms with Gasteiger partial charge in [0, 0.05) is 23.8 Å². The van der Waals surface area contributed by atoms with Crippen LogP contribution in [-0.2, 0) is 4.74 Å². The number of benzene rings is 1. The van der Waals surface area contributed by atoms with Gasteiger partial charge in [0.1, 0.15) is 0 Å². The molecule has 0 bridgehead atoms. The molecule has 0 heterocycles. The summed E-state index contributed by atoms with van der Waals surface area (Å²) in [5, 5.41) is 4.25. The third kappa shape index (κ3) is 3.24. The van der Waals surface area contributed by atoms with Crippen LogP contribution in [-0.4, -0.2) is 25.3 Å². The van der Waals surface area contributed by atoms with E-state index in [1.807, 2.05) is 18.2 Å². The lowest BCUT2D eigenvalue weighted by Gasteiger charge is -2.44. The van der Waals surface area contributed by atoms with Crippen molar-refractivity contribution in [1.29, 1.82) is 0 Å². The molecule has 1 aliphatic carbocycles. The quantitative estimate of drug-likeness (QED) is 0.871. The molecule has 19 heavy (non-hydrogen) atoms. The second-order valence-electron chi connectivity index (χ2n) is 5.08. The van der Waals surface area contributed by atoms with Crippen molar-refractivity contribution in [3.05, 3.63) is 27.7 Å². The minimum absolute atomic E-state index is 0.147. The summed E-state index contributed by atoms with van der Waals surface area (Å²) in [5.74, 6) is 0. The van der Waals surface area contributed by atoms with Gasteiger partial charge in [-0.3, -0.25) is 0 Å². The fourth-order valence-electron chi connectivity index (χ4n) is 2.84. The highest BCUT2D eigenvalue weighted by Crippen LogP contribution is 2.34. The van der Waals surface area contributed by atoms with Crippen LogP contribution in [0, 0.1) is 0 Å². The zero-order valence-corrected chi connectivity index (χ0v) is 13.4. The van der Waals surface area contributed by atoms with Crippen LogP contribution in [0.3, 0.4) is 0 Å². The summed E-state index contributed by atoms with van der Waals surface area (Å²) in [6.45, 7) is 0.555. The van der Waals surface area contributed by atoms with E-state index in [4.69, 9.17) is 22.1 Å². The fourth-order valence-corrected chi connectivity index (χ4v) is 3.27. The Kier molecular flexibility index (Phi) is 5.12. The van der Waals surface area contributed by atoms with Gasteiger partial charge in [-0.15, -0.1) is 0 Å². The van der Waals surface area contributed by atoms with E-state index in [9.17, 15) is 0 Å². The molecule has 1 aromatic rings. The van der Waals surface area contributed by atoms with Gasteiger partial charge in [0.05, 0.1) is 16.7 Å². The zero-order valence-electron chi connectivity index (χ0n) is 11.1. The average molecular weight is 348 g/mol. The van der Waals surface area contributed by atoms with E-state index >= 15 is 0 Å². The lowest BCUT2D eigenvalue weighted by atomic mass is 9.78. The van der Waals surface area contributed by atoms with Crippen molar-refractivity contribution in [3.8, 4) is 0 Å². The molecular formula is C14H20BrClN2O. The Bertz CT molecular complexity index is 443. The summed E-state index contributed by atoms with van der Waals surface area (Å²) in [7, 11) is 1.76. The standard InChI is InChI=1S/C14H20BrClN2O/c1-19-13-4-2-3-7-14(13,9-17)18-10-5-6-11(15)12(16)8-10/h5-6,8,13,18H,2-4,7,9,17H2,1H3. The van der Waals surface area contributed by atoms with Gasteiger partial charge in [-0.05, 0) is 47.0 Å². The Morgan fingerprint density at radius 3 is 2.95 bits per heavy atom. The first kappa shape index (κ1) is 15.1. The Morgan fingerprint density at radius 1 is 1.53 bits per heavy atom. The SMILES string of the molecule is COC1CCCCC1(CN)Nc1ccc(Br)c(Cl)c1. The highest BCUT2D eigenvalue weighted by atomic mass is 79.9. The maximum atomic E-state index is 6.14.